The molecule has 2 rings (SSSR count). The van der Waals surface area contributed by atoms with Gasteiger partial charge < -0.3 is 4.90 Å². The van der Waals surface area contributed by atoms with Crippen LogP contribution < -0.4 is 4.90 Å². The van der Waals surface area contributed by atoms with Gasteiger partial charge in [0.1, 0.15) is 5.82 Å². The maximum atomic E-state index is 4.57. The smallest absolute Gasteiger partial charge is 0.132 e. The molecule has 1 atom stereocenters. The standard InChI is InChI=1S/C16H27N3/c1-13(2)12-19-11-6-5-9-15(19)14-8-7-10-17-16(14)18(3)4/h7-8,10,13,15H,5-6,9,11-12H2,1-4H3. The lowest BCUT2D eigenvalue weighted by molar-refractivity contribution is 0.132. The third-order valence-electron chi connectivity index (χ3n) is 3.81. The van der Waals surface area contributed by atoms with Crippen LogP contribution in [-0.2, 0) is 0 Å². The number of hydrogen-bond donors (Lipinski definition) is 0. The summed E-state index contributed by atoms with van der Waals surface area (Å²) in [4.78, 5) is 9.35. The van der Waals surface area contributed by atoms with Gasteiger partial charge in [-0.3, -0.25) is 4.90 Å². The zero-order valence-electron chi connectivity index (χ0n) is 12.8. The van der Waals surface area contributed by atoms with E-state index in [2.05, 4.69) is 54.9 Å². The molecule has 1 aliphatic heterocycles. The molecule has 0 N–H and O–H groups in total. The van der Waals surface area contributed by atoms with Gasteiger partial charge in [-0.1, -0.05) is 26.3 Å². The van der Waals surface area contributed by atoms with Crippen molar-refractivity contribution >= 4 is 5.82 Å². The lowest BCUT2D eigenvalue weighted by atomic mass is 9.94. The average molecular weight is 261 g/mol. The first-order valence-corrected chi connectivity index (χ1v) is 7.46. The summed E-state index contributed by atoms with van der Waals surface area (Å²) >= 11 is 0. The summed E-state index contributed by atoms with van der Waals surface area (Å²) in [5, 5.41) is 0. The van der Waals surface area contributed by atoms with Gasteiger partial charge in [0.05, 0.1) is 0 Å². The molecule has 0 saturated carbocycles. The summed E-state index contributed by atoms with van der Waals surface area (Å²) in [6.07, 6.45) is 5.83. The number of rotatable bonds is 4. The molecule has 3 nitrogen and oxygen atoms in total. The van der Waals surface area contributed by atoms with Gasteiger partial charge in [0.15, 0.2) is 0 Å². The Kier molecular flexibility index (Phi) is 4.81. The Hall–Kier alpha value is -1.09. The highest BCUT2D eigenvalue weighted by molar-refractivity contribution is 5.47. The SMILES string of the molecule is CC(C)CN1CCCCC1c1cccnc1N(C)C. The van der Waals surface area contributed by atoms with Crippen molar-refractivity contribution in [2.24, 2.45) is 5.92 Å². The molecule has 1 aliphatic rings. The molecular formula is C16H27N3. The van der Waals surface area contributed by atoms with E-state index < -0.39 is 0 Å². The quantitative estimate of drug-likeness (QED) is 0.828. The van der Waals surface area contributed by atoms with E-state index in [0.29, 0.717) is 6.04 Å². The molecule has 0 amide bonds. The number of pyridine rings is 1. The molecule has 1 fully saturated rings. The molecule has 1 aromatic heterocycles. The largest absolute Gasteiger partial charge is 0.362 e. The average Bonchev–Trinajstić information content (AvgIpc) is 2.38. The minimum absolute atomic E-state index is 0.544. The Morgan fingerprint density at radius 2 is 2.16 bits per heavy atom. The van der Waals surface area contributed by atoms with Gasteiger partial charge in [-0.05, 0) is 31.4 Å². The van der Waals surface area contributed by atoms with Crippen LogP contribution in [-0.4, -0.2) is 37.1 Å². The van der Waals surface area contributed by atoms with Crippen molar-refractivity contribution in [1.29, 1.82) is 0 Å². The molecule has 0 aromatic carbocycles. The van der Waals surface area contributed by atoms with E-state index in [-0.39, 0.29) is 0 Å². The van der Waals surface area contributed by atoms with E-state index in [1.54, 1.807) is 0 Å². The fourth-order valence-electron chi connectivity index (χ4n) is 3.07. The second-order valence-corrected chi connectivity index (χ2v) is 6.21. The molecule has 106 valence electrons. The van der Waals surface area contributed by atoms with Gasteiger partial charge in [-0.15, -0.1) is 0 Å². The van der Waals surface area contributed by atoms with Crippen molar-refractivity contribution in [3.63, 3.8) is 0 Å². The summed E-state index contributed by atoms with van der Waals surface area (Å²) in [5.74, 6) is 1.85. The number of aromatic nitrogens is 1. The van der Waals surface area contributed by atoms with Crippen molar-refractivity contribution < 1.29 is 0 Å². The topological polar surface area (TPSA) is 19.4 Å². The van der Waals surface area contributed by atoms with Crippen LogP contribution in [0.4, 0.5) is 5.82 Å². The highest BCUT2D eigenvalue weighted by Crippen LogP contribution is 2.35. The van der Waals surface area contributed by atoms with Crippen molar-refractivity contribution in [2.45, 2.75) is 39.2 Å². The molecule has 2 heterocycles. The number of likely N-dealkylation sites (tertiary alicyclic amines) is 1. The number of piperidine rings is 1. The molecule has 0 aliphatic carbocycles. The molecule has 19 heavy (non-hydrogen) atoms. The summed E-state index contributed by atoms with van der Waals surface area (Å²) in [7, 11) is 4.17. The fraction of sp³-hybridized carbons (Fsp3) is 0.688. The van der Waals surface area contributed by atoms with Crippen molar-refractivity contribution in [2.75, 3.05) is 32.1 Å². The molecule has 1 unspecified atom stereocenters. The minimum Gasteiger partial charge on any atom is -0.362 e. The molecule has 0 radical (unpaired) electrons. The second kappa shape index (κ2) is 6.38. The number of anilines is 1. The van der Waals surface area contributed by atoms with Crippen LogP contribution in [0.15, 0.2) is 18.3 Å². The van der Waals surface area contributed by atoms with Gasteiger partial charge in [-0.2, -0.15) is 0 Å². The molecule has 0 spiro atoms. The van der Waals surface area contributed by atoms with Crippen molar-refractivity contribution in [3.05, 3.63) is 23.9 Å². The lowest BCUT2D eigenvalue weighted by Crippen LogP contribution is -2.36. The normalized spacial score (nSPS) is 20.8. The first-order valence-electron chi connectivity index (χ1n) is 7.46. The van der Waals surface area contributed by atoms with Crippen LogP contribution in [0.2, 0.25) is 0 Å². The van der Waals surface area contributed by atoms with Crippen LogP contribution in [0.1, 0.15) is 44.7 Å². The fourth-order valence-corrected chi connectivity index (χ4v) is 3.07. The monoisotopic (exact) mass is 261 g/mol. The Morgan fingerprint density at radius 3 is 2.84 bits per heavy atom. The van der Waals surface area contributed by atoms with Gasteiger partial charge in [0.2, 0.25) is 0 Å². The first kappa shape index (κ1) is 14.3. The van der Waals surface area contributed by atoms with E-state index in [4.69, 9.17) is 0 Å². The molecule has 3 heteroatoms. The predicted molar refractivity (Wildman–Crippen MR) is 81.6 cm³/mol. The second-order valence-electron chi connectivity index (χ2n) is 6.21. The van der Waals surface area contributed by atoms with Crippen LogP contribution in [0.25, 0.3) is 0 Å². The Bertz CT molecular complexity index is 401. The highest BCUT2D eigenvalue weighted by Gasteiger charge is 2.26. The summed E-state index contributed by atoms with van der Waals surface area (Å²) in [6.45, 7) is 7.03. The summed E-state index contributed by atoms with van der Waals surface area (Å²) < 4.78 is 0. The maximum Gasteiger partial charge on any atom is 0.132 e. The Balaban J connectivity index is 2.26. The van der Waals surface area contributed by atoms with Crippen LogP contribution in [0.5, 0.6) is 0 Å². The van der Waals surface area contributed by atoms with Crippen LogP contribution >= 0.6 is 0 Å². The zero-order valence-corrected chi connectivity index (χ0v) is 12.8. The Labute approximate surface area is 117 Å². The zero-order chi connectivity index (χ0) is 13.8. The number of hydrogen-bond acceptors (Lipinski definition) is 3. The molecular weight excluding hydrogens is 234 g/mol. The lowest BCUT2D eigenvalue weighted by Gasteiger charge is -2.38. The van der Waals surface area contributed by atoms with Gasteiger partial charge >= 0.3 is 0 Å². The molecule has 1 aromatic rings. The minimum atomic E-state index is 0.544. The van der Waals surface area contributed by atoms with E-state index in [1.807, 2.05) is 6.20 Å². The third kappa shape index (κ3) is 3.47. The van der Waals surface area contributed by atoms with Crippen molar-refractivity contribution in [3.8, 4) is 0 Å². The molecule has 0 bridgehead atoms. The van der Waals surface area contributed by atoms with E-state index in [0.717, 1.165) is 11.7 Å². The Morgan fingerprint density at radius 1 is 1.37 bits per heavy atom. The first-order chi connectivity index (χ1) is 9.09. The van der Waals surface area contributed by atoms with E-state index in [1.165, 1.54) is 37.9 Å². The number of nitrogens with zero attached hydrogens (tertiary/aromatic N) is 3. The van der Waals surface area contributed by atoms with E-state index >= 15 is 0 Å². The maximum absolute atomic E-state index is 4.57. The van der Waals surface area contributed by atoms with Gasteiger partial charge in [0.25, 0.3) is 0 Å². The van der Waals surface area contributed by atoms with Gasteiger partial charge in [-0.25, -0.2) is 4.98 Å². The van der Waals surface area contributed by atoms with Gasteiger partial charge in [0, 0.05) is 38.4 Å². The van der Waals surface area contributed by atoms with E-state index in [9.17, 15) is 0 Å². The van der Waals surface area contributed by atoms with Crippen molar-refractivity contribution in [1.82, 2.24) is 9.88 Å². The third-order valence-corrected chi connectivity index (χ3v) is 3.81. The summed E-state index contributed by atoms with van der Waals surface area (Å²) in [5.41, 5.74) is 1.40. The predicted octanol–water partition coefficient (Wildman–Crippen LogP) is 3.33. The summed E-state index contributed by atoms with van der Waals surface area (Å²) in [6, 6.07) is 4.87. The highest BCUT2D eigenvalue weighted by atomic mass is 15.2. The van der Waals surface area contributed by atoms with Crippen LogP contribution in [0, 0.1) is 5.92 Å². The van der Waals surface area contributed by atoms with Crippen LogP contribution in [0.3, 0.4) is 0 Å². The molecule has 1 saturated heterocycles.